The minimum Gasteiger partial charge on any atom is -0.389 e. The normalized spacial score (nSPS) is 12.0. The average molecular weight is 324 g/mol. The van der Waals surface area contributed by atoms with E-state index in [2.05, 4.69) is 11.6 Å². The van der Waals surface area contributed by atoms with Gasteiger partial charge in [-0.05, 0) is 24.3 Å². The van der Waals surface area contributed by atoms with E-state index in [9.17, 15) is 9.90 Å². The van der Waals surface area contributed by atoms with Gasteiger partial charge in [-0.15, -0.1) is 17.9 Å². The van der Waals surface area contributed by atoms with Crippen LogP contribution in [0.25, 0.3) is 10.2 Å². The molecule has 0 saturated heterocycles. The molecule has 0 aliphatic heterocycles. The zero-order valence-electron chi connectivity index (χ0n) is 12.3. The first-order chi connectivity index (χ1) is 10.0. The highest BCUT2D eigenvalue weighted by Crippen LogP contribution is 2.27. The van der Waals surface area contributed by atoms with Crippen LogP contribution < -0.4 is 5.56 Å². The monoisotopic (exact) mass is 324 g/mol. The standard InChI is InChI=1S/C15H20N2O2S2/c1-4-8-17-13(18)11-7-9-20-12(11)16-14(17)21-10-15(19,5-2)6-3/h4,7,9,19H,1,5-6,8,10H2,2-3H3. The molecule has 0 aliphatic rings. The van der Waals surface area contributed by atoms with Crippen LogP contribution >= 0.6 is 23.1 Å². The molecule has 2 heterocycles. The van der Waals surface area contributed by atoms with E-state index in [-0.39, 0.29) is 5.56 Å². The summed E-state index contributed by atoms with van der Waals surface area (Å²) >= 11 is 2.90. The fraction of sp³-hybridized carbons (Fsp3) is 0.467. The first kappa shape index (κ1) is 16.3. The van der Waals surface area contributed by atoms with Gasteiger partial charge in [0.25, 0.3) is 5.56 Å². The molecular weight excluding hydrogens is 304 g/mol. The lowest BCUT2D eigenvalue weighted by molar-refractivity contribution is 0.0571. The lowest BCUT2D eigenvalue weighted by Gasteiger charge is -2.24. The lowest BCUT2D eigenvalue weighted by atomic mass is 10.0. The highest BCUT2D eigenvalue weighted by atomic mass is 32.2. The molecule has 0 aliphatic carbocycles. The van der Waals surface area contributed by atoms with Crippen molar-refractivity contribution in [3.63, 3.8) is 0 Å². The molecule has 0 saturated carbocycles. The van der Waals surface area contributed by atoms with Crippen LogP contribution in [-0.2, 0) is 6.54 Å². The highest BCUT2D eigenvalue weighted by molar-refractivity contribution is 7.99. The zero-order chi connectivity index (χ0) is 15.5. The number of hydrogen-bond donors (Lipinski definition) is 1. The fourth-order valence-corrected chi connectivity index (χ4v) is 4.07. The van der Waals surface area contributed by atoms with Crippen molar-refractivity contribution >= 4 is 33.3 Å². The van der Waals surface area contributed by atoms with Crippen molar-refractivity contribution in [1.82, 2.24) is 9.55 Å². The van der Waals surface area contributed by atoms with E-state index >= 15 is 0 Å². The van der Waals surface area contributed by atoms with Crippen LogP contribution in [0.15, 0.2) is 34.1 Å². The molecule has 0 radical (unpaired) electrons. The van der Waals surface area contributed by atoms with E-state index in [0.29, 0.717) is 35.7 Å². The summed E-state index contributed by atoms with van der Waals surface area (Å²) < 4.78 is 1.62. The predicted octanol–water partition coefficient (Wildman–Crippen LogP) is 3.29. The van der Waals surface area contributed by atoms with Gasteiger partial charge in [0.1, 0.15) is 4.83 Å². The second-order valence-electron chi connectivity index (χ2n) is 4.96. The molecule has 2 rings (SSSR count). The van der Waals surface area contributed by atoms with Crippen molar-refractivity contribution in [3.05, 3.63) is 34.5 Å². The van der Waals surface area contributed by atoms with Crippen LogP contribution in [0.3, 0.4) is 0 Å². The molecule has 0 unspecified atom stereocenters. The molecule has 0 amide bonds. The molecule has 1 N–H and O–H groups in total. The summed E-state index contributed by atoms with van der Waals surface area (Å²) in [6, 6.07) is 1.80. The van der Waals surface area contributed by atoms with Gasteiger partial charge in [-0.3, -0.25) is 9.36 Å². The number of allylic oxidation sites excluding steroid dienone is 1. The van der Waals surface area contributed by atoms with E-state index in [1.165, 1.54) is 23.1 Å². The molecule has 0 aromatic carbocycles. The number of thioether (sulfide) groups is 1. The van der Waals surface area contributed by atoms with E-state index in [4.69, 9.17) is 0 Å². The molecule has 6 heteroatoms. The maximum absolute atomic E-state index is 12.5. The summed E-state index contributed by atoms with van der Waals surface area (Å²) in [6.45, 7) is 8.07. The van der Waals surface area contributed by atoms with Crippen molar-refractivity contribution in [2.75, 3.05) is 5.75 Å². The van der Waals surface area contributed by atoms with Crippen molar-refractivity contribution in [2.24, 2.45) is 0 Å². The molecular formula is C15H20N2O2S2. The third kappa shape index (κ3) is 3.39. The van der Waals surface area contributed by atoms with E-state index in [1.54, 1.807) is 16.7 Å². The Kier molecular flexibility index (Phi) is 5.24. The number of hydrogen-bond acceptors (Lipinski definition) is 5. The molecule has 0 spiro atoms. The number of aliphatic hydroxyl groups is 1. The van der Waals surface area contributed by atoms with Crippen molar-refractivity contribution < 1.29 is 5.11 Å². The zero-order valence-corrected chi connectivity index (χ0v) is 14.0. The second-order valence-corrected chi connectivity index (χ2v) is 6.80. The molecule has 4 nitrogen and oxygen atoms in total. The van der Waals surface area contributed by atoms with Crippen LogP contribution in [0.1, 0.15) is 26.7 Å². The largest absolute Gasteiger partial charge is 0.389 e. The molecule has 114 valence electrons. The lowest BCUT2D eigenvalue weighted by Crippen LogP contribution is -2.30. The minimum absolute atomic E-state index is 0.0415. The van der Waals surface area contributed by atoms with Crippen LogP contribution in [0, 0.1) is 0 Å². The van der Waals surface area contributed by atoms with Gasteiger partial charge in [0, 0.05) is 12.3 Å². The molecule has 2 aromatic heterocycles. The van der Waals surface area contributed by atoms with E-state index < -0.39 is 5.60 Å². The Labute approximate surface area is 132 Å². The first-order valence-electron chi connectivity index (χ1n) is 6.98. The predicted molar refractivity (Wildman–Crippen MR) is 90.3 cm³/mol. The first-order valence-corrected chi connectivity index (χ1v) is 8.85. The van der Waals surface area contributed by atoms with Crippen LogP contribution in [-0.4, -0.2) is 26.0 Å². The molecule has 21 heavy (non-hydrogen) atoms. The number of rotatable bonds is 7. The van der Waals surface area contributed by atoms with Crippen LogP contribution in [0.5, 0.6) is 0 Å². The Morgan fingerprint density at radius 1 is 1.52 bits per heavy atom. The third-order valence-electron chi connectivity index (χ3n) is 3.65. The van der Waals surface area contributed by atoms with Gasteiger partial charge >= 0.3 is 0 Å². The molecule has 0 fully saturated rings. The SMILES string of the molecule is C=CCn1c(SCC(O)(CC)CC)nc2sccc2c1=O. The highest BCUT2D eigenvalue weighted by Gasteiger charge is 2.24. The average Bonchev–Trinajstić information content (AvgIpc) is 2.96. The Morgan fingerprint density at radius 3 is 2.86 bits per heavy atom. The van der Waals surface area contributed by atoms with Crippen molar-refractivity contribution in [1.29, 1.82) is 0 Å². The van der Waals surface area contributed by atoms with Gasteiger partial charge in [-0.2, -0.15) is 0 Å². The van der Waals surface area contributed by atoms with Gasteiger partial charge in [0.2, 0.25) is 0 Å². The van der Waals surface area contributed by atoms with Gasteiger partial charge in [-0.25, -0.2) is 4.98 Å². The fourth-order valence-electron chi connectivity index (χ4n) is 1.98. The Morgan fingerprint density at radius 2 is 2.24 bits per heavy atom. The minimum atomic E-state index is -0.716. The number of thiophene rings is 1. The van der Waals surface area contributed by atoms with E-state index in [0.717, 1.165) is 4.83 Å². The Hall–Kier alpha value is -1.11. The van der Waals surface area contributed by atoms with Crippen LogP contribution in [0.4, 0.5) is 0 Å². The maximum atomic E-state index is 12.5. The molecule has 2 aromatic rings. The topological polar surface area (TPSA) is 55.1 Å². The Balaban J connectivity index is 2.39. The summed E-state index contributed by atoms with van der Waals surface area (Å²) in [5, 5.41) is 13.6. The van der Waals surface area contributed by atoms with Crippen molar-refractivity contribution in [3.8, 4) is 0 Å². The van der Waals surface area contributed by atoms with Crippen LogP contribution in [0.2, 0.25) is 0 Å². The van der Waals surface area contributed by atoms with Gasteiger partial charge in [0.05, 0.1) is 11.0 Å². The Bertz CT molecular complexity index is 687. The van der Waals surface area contributed by atoms with Gasteiger partial charge in [0.15, 0.2) is 5.16 Å². The summed E-state index contributed by atoms with van der Waals surface area (Å²) in [5.74, 6) is 0.528. The van der Waals surface area contributed by atoms with Gasteiger partial charge in [-0.1, -0.05) is 31.7 Å². The quantitative estimate of drug-likeness (QED) is 0.482. The second kappa shape index (κ2) is 6.77. The smallest absolute Gasteiger partial charge is 0.263 e. The van der Waals surface area contributed by atoms with E-state index in [1.807, 2.05) is 19.2 Å². The molecule has 0 atom stereocenters. The van der Waals surface area contributed by atoms with Gasteiger partial charge < -0.3 is 5.11 Å². The number of fused-ring (bicyclic) bond motifs is 1. The molecule has 0 bridgehead atoms. The number of aromatic nitrogens is 2. The summed E-state index contributed by atoms with van der Waals surface area (Å²) in [4.78, 5) is 17.8. The summed E-state index contributed by atoms with van der Waals surface area (Å²) in [7, 11) is 0. The number of nitrogens with zero attached hydrogens (tertiary/aromatic N) is 2. The third-order valence-corrected chi connectivity index (χ3v) is 5.70. The summed E-state index contributed by atoms with van der Waals surface area (Å²) in [6.07, 6.45) is 3.06. The summed E-state index contributed by atoms with van der Waals surface area (Å²) in [5.41, 5.74) is -0.758. The maximum Gasteiger partial charge on any atom is 0.263 e. The van der Waals surface area contributed by atoms with Crippen molar-refractivity contribution in [2.45, 2.75) is 44.0 Å².